The molecule has 22 heavy (non-hydrogen) atoms. The molecule has 0 aliphatic heterocycles. The fraction of sp³-hybridized carbons (Fsp3) is 0.0625. The number of hydrogen-bond donors (Lipinski definition) is 2. The van der Waals surface area contributed by atoms with E-state index in [9.17, 15) is 4.79 Å². The van der Waals surface area contributed by atoms with Gasteiger partial charge in [0.15, 0.2) is 0 Å². The minimum atomic E-state index is -0.292. The Morgan fingerprint density at radius 3 is 2.45 bits per heavy atom. The monoisotopic (exact) mass is 293 g/mol. The van der Waals surface area contributed by atoms with Crippen LogP contribution in [0.15, 0.2) is 54.6 Å². The maximum absolute atomic E-state index is 12.5. The molecule has 0 radical (unpaired) electrons. The second-order valence-corrected chi connectivity index (χ2v) is 4.87. The Balaban J connectivity index is 1.93. The Morgan fingerprint density at radius 2 is 1.77 bits per heavy atom. The van der Waals surface area contributed by atoms with Crippen LogP contribution < -0.4 is 11.1 Å². The number of rotatable bonds is 3. The molecule has 6 nitrogen and oxygen atoms in total. The lowest BCUT2D eigenvalue weighted by atomic mass is 10.2. The molecule has 3 N–H and O–H groups in total. The molecule has 3 rings (SSSR count). The number of hydrogen-bond acceptors (Lipinski definition) is 5. The molecule has 1 aromatic heterocycles. The Hall–Kier alpha value is -3.15. The first-order chi connectivity index (χ1) is 10.6. The zero-order chi connectivity index (χ0) is 15.5. The highest BCUT2D eigenvalue weighted by molar-refractivity contribution is 5.97. The maximum Gasteiger partial charge on any atom is 0.281 e. The third-order valence-electron chi connectivity index (χ3n) is 3.14. The minimum absolute atomic E-state index is 0.0406. The molecule has 0 saturated carbocycles. The summed E-state index contributed by atoms with van der Waals surface area (Å²) in [5.74, 6) is 0.0357. The van der Waals surface area contributed by atoms with Crippen LogP contribution in [0, 0.1) is 6.92 Å². The molecule has 0 aliphatic rings. The number of nitrogens with two attached hydrogens (primary N) is 1. The molecule has 1 heterocycles. The highest BCUT2D eigenvalue weighted by atomic mass is 16.2. The summed E-state index contributed by atoms with van der Waals surface area (Å²) in [6.07, 6.45) is 0. The van der Waals surface area contributed by atoms with E-state index in [0.29, 0.717) is 5.56 Å². The summed E-state index contributed by atoms with van der Waals surface area (Å²) in [4.78, 5) is 16.6. The van der Waals surface area contributed by atoms with Gasteiger partial charge in [0.2, 0.25) is 11.9 Å². The van der Waals surface area contributed by atoms with Crippen molar-refractivity contribution < 1.29 is 4.79 Å². The maximum atomic E-state index is 12.5. The average molecular weight is 293 g/mol. The molecule has 0 amide bonds. The standard InChI is InChI=1S/C16H15N5O/c1-11-7-9-13(10-8-11)18-16-19-15(17)20-21(16)14(22)12-5-3-2-4-6-12/h2-10H,1H3,(H3,17,18,19,20). The summed E-state index contributed by atoms with van der Waals surface area (Å²) in [6.45, 7) is 2.00. The van der Waals surface area contributed by atoms with E-state index in [4.69, 9.17) is 5.73 Å². The second kappa shape index (κ2) is 5.69. The number of nitrogens with one attached hydrogen (secondary N) is 1. The number of benzene rings is 2. The summed E-state index contributed by atoms with van der Waals surface area (Å²) >= 11 is 0. The molecule has 0 spiro atoms. The highest BCUT2D eigenvalue weighted by Gasteiger charge is 2.16. The molecule has 0 unspecified atom stereocenters. The number of carbonyl (C=O) groups excluding carboxylic acids is 1. The van der Waals surface area contributed by atoms with Crippen LogP contribution in [-0.2, 0) is 0 Å². The lowest BCUT2D eigenvalue weighted by molar-refractivity contribution is 0.0948. The third kappa shape index (κ3) is 2.80. The van der Waals surface area contributed by atoms with Crippen molar-refractivity contribution in [1.29, 1.82) is 0 Å². The van der Waals surface area contributed by atoms with Crippen LogP contribution in [0.3, 0.4) is 0 Å². The highest BCUT2D eigenvalue weighted by Crippen LogP contribution is 2.17. The molecule has 0 saturated heterocycles. The van der Waals surface area contributed by atoms with Crippen LogP contribution in [0.5, 0.6) is 0 Å². The van der Waals surface area contributed by atoms with Gasteiger partial charge in [0.05, 0.1) is 0 Å². The summed E-state index contributed by atoms with van der Waals surface area (Å²) < 4.78 is 1.17. The van der Waals surface area contributed by atoms with E-state index < -0.39 is 0 Å². The first-order valence-corrected chi connectivity index (χ1v) is 6.79. The number of aryl methyl sites for hydroxylation is 1. The van der Waals surface area contributed by atoms with Gasteiger partial charge in [0.25, 0.3) is 5.91 Å². The number of anilines is 3. The fourth-order valence-electron chi connectivity index (χ4n) is 2.02. The first kappa shape index (κ1) is 13.8. The van der Waals surface area contributed by atoms with Gasteiger partial charge < -0.3 is 11.1 Å². The van der Waals surface area contributed by atoms with Gasteiger partial charge in [-0.05, 0) is 31.2 Å². The largest absolute Gasteiger partial charge is 0.366 e. The zero-order valence-electron chi connectivity index (χ0n) is 12.0. The van der Waals surface area contributed by atoms with E-state index in [0.717, 1.165) is 11.3 Å². The lowest BCUT2D eigenvalue weighted by Crippen LogP contribution is -2.16. The zero-order valence-corrected chi connectivity index (χ0v) is 12.0. The Bertz CT molecular complexity index is 793. The van der Waals surface area contributed by atoms with Gasteiger partial charge in [-0.1, -0.05) is 35.9 Å². The van der Waals surface area contributed by atoms with E-state index in [-0.39, 0.29) is 17.8 Å². The van der Waals surface area contributed by atoms with Crippen molar-refractivity contribution in [3.05, 3.63) is 65.7 Å². The Kier molecular flexibility index (Phi) is 3.57. The van der Waals surface area contributed by atoms with Gasteiger partial charge in [0.1, 0.15) is 0 Å². The van der Waals surface area contributed by atoms with Gasteiger partial charge >= 0.3 is 0 Å². The van der Waals surface area contributed by atoms with Crippen molar-refractivity contribution >= 4 is 23.5 Å². The predicted octanol–water partition coefficient (Wildman–Crippen LogP) is 2.60. The van der Waals surface area contributed by atoms with Gasteiger partial charge in [-0.15, -0.1) is 5.10 Å². The van der Waals surface area contributed by atoms with Crippen LogP contribution in [0.25, 0.3) is 0 Å². The number of nitrogen functional groups attached to an aromatic ring is 1. The summed E-state index contributed by atoms with van der Waals surface area (Å²) in [5, 5.41) is 7.03. The molecule has 6 heteroatoms. The van der Waals surface area contributed by atoms with Crippen LogP contribution in [0.4, 0.5) is 17.6 Å². The number of carbonyl (C=O) groups is 1. The number of nitrogens with zero attached hydrogens (tertiary/aromatic N) is 3. The fourth-order valence-corrected chi connectivity index (χ4v) is 2.02. The van der Waals surface area contributed by atoms with Crippen LogP contribution >= 0.6 is 0 Å². The molecular weight excluding hydrogens is 278 g/mol. The van der Waals surface area contributed by atoms with E-state index in [2.05, 4.69) is 15.4 Å². The van der Waals surface area contributed by atoms with E-state index >= 15 is 0 Å². The molecule has 0 aliphatic carbocycles. The van der Waals surface area contributed by atoms with Gasteiger partial charge in [0, 0.05) is 11.3 Å². The predicted molar refractivity (Wildman–Crippen MR) is 85.1 cm³/mol. The summed E-state index contributed by atoms with van der Waals surface area (Å²) in [6, 6.07) is 16.6. The van der Waals surface area contributed by atoms with Gasteiger partial charge in [-0.2, -0.15) is 9.67 Å². The van der Waals surface area contributed by atoms with Crippen molar-refractivity contribution in [1.82, 2.24) is 14.8 Å². The summed E-state index contributed by atoms with van der Waals surface area (Å²) in [5.41, 5.74) is 8.10. The van der Waals surface area contributed by atoms with Gasteiger partial charge in [-0.25, -0.2) is 0 Å². The Labute approximate surface area is 127 Å². The van der Waals surface area contributed by atoms with E-state index in [1.54, 1.807) is 24.3 Å². The second-order valence-electron chi connectivity index (χ2n) is 4.87. The Morgan fingerprint density at radius 1 is 1.09 bits per heavy atom. The molecular formula is C16H15N5O. The molecule has 3 aromatic rings. The smallest absolute Gasteiger partial charge is 0.281 e. The van der Waals surface area contributed by atoms with Crippen LogP contribution in [0.2, 0.25) is 0 Å². The SMILES string of the molecule is Cc1ccc(Nc2nc(N)nn2C(=O)c2ccccc2)cc1. The quantitative estimate of drug-likeness (QED) is 0.775. The topological polar surface area (TPSA) is 85.8 Å². The average Bonchev–Trinajstić information content (AvgIpc) is 2.90. The van der Waals surface area contributed by atoms with Crippen molar-refractivity contribution in [3.8, 4) is 0 Å². The lowest BCUT2D eigenvalue weighted by Gasteiger charge is -2.07. The van der Waals surface area contributed by atoms with Crippen molar-refractivity contribution in [3.63, 3.8) is 0 Å². The van der Waals surface area contributed by atoms with Gasteiger partial charge in [-0.3, -0.25) is 4.79 Å². The van der Waals surface area contributed by atoms with Crippen LogP contribution in [0.1, 0.15) is 15.9 Å². The normalized spacial score (nSPS) is 10.4. The van der Waals surface area contributed by atoms with Crippen LogP contribution in [-0.4, -0.2) is 20.7 Å². The number of aromatic nitrogens is 3. The van der Waals surface area contributed by atoms with Crippen molar-refractivity contribution in [2.45, 2.75) is 6.92 Å². The molecule has 0 atom stereocenters. The first-order valence-electron chi connectivity index (χ1n) is 6.79. The van der Waals surface area contributed by atoms with Crippen molar-refractivity contribution in [2.24, 2.45) is 0 Å². The summed E-state index contributed by atoms with van der Waals surface area (Å²) in [7, 11) is 0. The van der Waals surface area contributed by atoms with E-state index in [1.807, 2.05) is 37.3 Å². The van der Waals surface area contributed by atoms with Crippen molar-refractivity contribution in [2.75, 3.05) is 11.1 Å². The molecule has 110 valence electrons. The molecule has 0 bridgehead atoms. The molecule has 2 aromatic carbocycles. The molecule has 0 fully saturated rings. The van der Waals surface area contributed by atoms with E-state index in [1.165, 1.54) is 4.68 Å². The minimum Gasteiger partial charge on any atom is -0.366 e. The third-order valence-corrected chi connectivity index (χ3v) is 3.14.